The van der Waals surface area contributed by atoms with Gasteiger partial charge in [-0.1, -0.05) is 86.1 Å². The van der Waals surface area contributed by atoms with Crippen molar-refractivity contribution >= 4 is 11.3 Å². The Labute approximate surface area is 172 Å². The maximum absolute atomic E-state index is 5.66. The van der Waals surface area contributed by atoms with Gasteiger partial charge in [-0.2, -0.15) is 0 Å². The predicted molar refractivity (Wildman–Crippen MR) is 119 cm³/mol. The lowest BCUT2D eigenvalue weighted by Gasteiger charge is -2.06. The normalized spacial score (nSPS) is 11.2. The smallest absolute Gasteiger partial charge is 0.147 e. The molecule has 0 spiro atoms. The van der Waals surface area contributed by atoms with Crippen LogP contribution in [0.25, 0.3) is 21.7 Å². The van der Waals surface area contributed by atoms with E-state index in [-0.39, 0.29) is 0 Å². The summed E-state index contributed by atoms with van der Waals surface area (Å²) in [6, 6.07) is 16.8. The molecule has 0 fully saturated rings. The van der Waals surface area contributed by atoms with Gasteiger partial charge in [-0.15, -0.1) is 10.2 Å². The molecule has 0 saturated heterocycles. The summed E-state index contributed by atoms with van der Waals surface area (Å²) in [5.41, 5.74) is 3.50. The summed E-state index contributed by atoms with van der Waals surface area (Å²) < 4.78 is 5.66. The first-order chi connectivity index (χ1) is 13.8. The molecule has 0 atom stereocenters. The van der Waals surface area contributed by atoms with Crippen LogP contribution in [0.5, 0.6) is 5.75 Å². The van der Waals surface area contributed by atoms with E-state index in [1.165, 1.54) is 36.8 Å². The fourth-order valence-electron chi connectivity index (χ4n) is 2.96. The van der Waals surface area contributed by atoms with Crippen molar-refractivity contribution in [2.24, 2.45) is 0 Å². The van der Waals surface area contributed by atoms with Crippen molar-refractivity contribution < 1.29 is 4.74 Å². The van der Waals surface area contributed by atoms with Gasteiger partial charge in [0.25, 0.3) is 0 Å². The number of rotatable bonds is 10. The summed E-state index contributed by atoms with van der Waals surface area (Å²) in [4.78, 5) is 0. The Balaban J connectivity index is 1.61. The third-order valence-electron chi connectivity index (χ3n) is 4.61. The maximum atomic E-state index is 5.66. The number of ether oxygens (including phenoxy) is 1. The molecule has 4 heteroatoms. The van der Waals surface area contributed by atoms with E-state index in [2.05, 4.69) is 53.5 Å². The van der Waals surface area contributed by atoms with Crippen molar-refractivity contribution in [2.45, 2.75) is 46.0 Å². The Morgan fingerprint density at radius 3 is 2.21 bits per heavy atom. The van der Waals surface area contributed by atoms with Crippen LogP contribution in [0.15, 0.2) is 60.7 Å². The summed E-state index contributed by atoms with van der Waals surface area (Å²) in [6.45, 7) is 4.83. The summed E-state index contributed by atoms with van der Waals surface area (Å²) in [7, 11) is 0. The van der Waals surface area contributed by atoms with Gasteiger partial charge < -0.3 is 4.74 Å². The number of unbranched alkanes of at least 4 members (excludes halogenated alkanes) is 3. The van der Waals surface area contributed by atoms with Crippen molar-refractivity contribution in [1.29, 1.82) is 0 Å². The monoisotopic (exact) mass is 392 g/mol. The van der Waals surface area contributed by atoms with E-state index in [4.69, 9.17) is 4.74 Å². The second-order valence-corrected chi connectivity index (χ2v) is 7.86. The van der Waals surface area contributed by atoms with Gasteiger partial charge in [0, 0.05) is 12.0 Å². The number of hydrogen-bond acceptors (Lipinski definition) is 4. The average Bonchev–Trinajstić information content (AvgIpc) is 3.21. The molecule has 0 amide bonds. The van der Waals surface area contributed by atoms with Crippen LogP contribution < -0.4 is 4.74 Å². The molecule has 28 heavy (non-hydrogen) atoms. The van der Waals surface area contributed by atoms with Crippen molar-refractivity contribution in [3.63, 3.8) is 0 Å². The standard InChI is InChI=1S/C24H28N2OS/c1-3-5-7-8-9-23-25-26-24(28-23)21-12-10-19(11-13-21)20-14-16-22(17-15-20)27-18-6-4-2/h4,6,10-17H,3,5,7-9,18H2,1-2H3. The number of allylic oxidation sites excluding steroid dienone is 1. The van der Waals surface area contributed by atoms with E-state index < -0.39 is 0 Å². The van der Waals surface area contributed by atoms with Crippen LogP contribution in [0.3, 0.4) is 0 Å². The van der Waals surface area contributed by atoms with E-state index in [1.807, 2.05) is 31.2 Å². The molecular weight excluding hydrogens is 364 g/mol. The quantitative estimate of drug-likeness (QED) is 0.276. The van der Waals surface area contributed by atoms with Gasteiger partial charge in [0.2, 0.25) is 0 Å². The third-order valence-corrected chi connectivity index (χ3v) is 5.64. The molecule has 0 aliphatic carbocycles. The molecule has 3 aromatic rings. The van der Waals surface area contributed by atoms with E-state index in [1.54, 1.807) is 11.3 Å². The van der Waals surface area contributed by atoms with E-state index >= 15 is 0 Å². The van der Waals surface area contributed by atoms with E-state index in [0.29, 0.717) is 6.61 Å². The summed E-state index contributed by atoms with van der Waals surface area (Å²) in [5, 5.41) is 10.9. The molecule has 146 valence electrons. The van der Waals surface area contributed by atoms with Gasteiger partial charge in [0.05, 0.1) is 0 Å². The van der Waals surface area contributed by atoms with Gasteiger partial charge in [0.1, 0.15) is 22.4 Å². The molecule has 0 saturated carbocycles. The minimum Gasteiger partial charge on any atom is -0.490 e. The molecule has 0 unspecified atom stereocenters. The number of nitrogens with zero attached hydrogens (tertiary/aromatic N) is 2. The first-order valence-corrected chi connectivity index (χ1v) is 10.9. The highest BCUT2D eigenvalue weighted by atomic mass is 32.1. The SMILES string of the molecule is CC=CCOc1ccc(-c2ccc(-c3nnc(CCCCCC)s3)cc2)cc1. The van der Waals surface area contributed by atoms with Crippen molar-refractivity contribution in [3.05, 3.63) is 65.7 Å². The van der Waals surface area contributed by atoms with Gasteiger partial charge in [-0.25, -0.2) is 0 Å². The van der Waals surface area contributed by atoms with Crippen LogP contribution in [0.1, 0.15) is 44.5 Å². The van der Waals surface area contributed by atoms with Crippen molar-refractivity contribution in [2.75, 3.05) is 6.61 Å². The molecule has 1 heterocycles. The zero-order valence-corrected chi connectivity index (χ0v) is 17.5. The number of benzene rings is 2. The maximum Gasteiger partial charge on any atom is 0.147 e. The largest absolute Gasteiger partial charge is 0.490 e. The molecule has 2 aromatic carbocycles. The minimum absolute atomic E-state index is 0.604. The molecule has 3 nitrogen and oxygen atoms in total. The van der Waals surface area contributed by atoms with Crippen LogP contribution in [0.4, 0.5) is 0 Å². The van der Waals surface area contributed by atoms with Gasteiger partial charge >= 0.3 is 0 Å². The molecule has 0 aliphatic heterocycles. The van der Waals surface area contributed by atoms with Crippen LogP contribution in [0.2, 0.25) is 0 Å². The highest BCUT2D eigenvalue weighted by Crippen LogP contribution is 2.28. The molecular formula is C24H28N2OS. The lowest BCUT2D eigenvalue weighted by Crippen LogP contribution is -1.92. The number of aromatic nitrogens is 2. The lowest BCUT2D eigenvalue weighted by molar-refractivity contribution is 0.363. The minimum atomic E-state index is 0.604. The third kappa shape index (κ3) is 5.77. The van der Waals surface area contributed by atoms with E-state index in [9.17, 15) is 0 Å². The van der Waals surface area contributed by atoms with Crippen LogP contribution in [-0.4, -0.2) is 16.8 Å². The Kier molecular flexibility index (Phi) is 7.80. The van der Waals surface area contributed by atoms with Gasteiger partial charge in [-0.3, -0.25) is 0 Å². The summed E-state index contributed by atoms with van der Waals surface area (Å²) in [5.74, 6) is 0.888. The first kappa shape index (κ1) is 20.3. The Morgan fingerprint density at radius 2 is 1.54 bits per heavy atom. The average molecular weight is 393 g/mol. The zero-order valence-electron chi connectivity index (χ0n) is 16.7. The molecule has 3 rings (SSSR count). The summed E-state index contributed by atoms with van der Waals surface area (Å²) >= 11 is 1.71. The van der Waals surface area contributed by atoms with Crippen LogP contribution >= 0.6 is 11.3 Å². The molecule has 0 radical (unpaired) electrons. The molecule has 0 bridgehead atoms. The Bertz CT molecular complexity index is 866. The Morgan fingerprint density at radius 1 is 0.857 bits per heavy atom. The predicted octanol–water partition coefficient (Wildman–Crippen LogP) is 6.95. The zero-order chi connectivity index (χ0) is 19.6. The van der Waals surface area contributed by atoms with Crippen LogP contribution in [0, 0.1) is 0 Å². The van der Waals surface area contributed by atoms with E-state index in [0.717, 1.165) is 27.7 Å². The number of aryl methyl sites for hydroxylation is 1. The molecule has 0 N–H and O–H groups in total. The topological polar surface area (TPSA) is 35.0 Å². The van der Waals surface area contributed by atoms with Crippen molar-refractivity contribution in [3.8, 4) is 27.4 Å². The molecule has 0 aliphatic rings. The fraction of sp³-hybridized carbons (Fsp3) is 0.333. The molecule has 1 aromatic heterocycles. The highest BCUT2D eigenvalue weighted by Gasteiger charge is 2.07. The number of hydrogen-bond donors (Lipinski definition) is 0. The second-order valence-electron chi connectivity index (χ2n) is 6.79. The van der Waals surface area contributed by atoms with Crippen molar-refractivity contribution in [1.82, 2.24) is 10.2 Å². The Hall–Kier alpha value is -2.46. The van der Waals surface area contributed by atoms with Gasteiger partial charge in [0.15, 0.2) is 0 Å². The first-order valence-electron chi connectivity index (χ1n) is 10.1. The van der Waals surface area contributed by atoms with Gasteiger partial charge in [-0.05, 0) is 36.6 Å². The lowest BCUT2D eigenvalue weighted by atomic mass is 10.0. The highest BCUT2D eigenvalue weighted by molar-refractivity contribution is 7.14. The fourth-order valence-corrected chi connectivity index (χ4v) is 3.85. The summed E-state index contributed by atoms with van der Waals surface area (Å²) in [6.07, 6.45) is 10.1. The second kappa shape index (κ2) is 10.8. The van der Waals surface area contributed by atoms with Crippen LogP contribution in [-0.2, 0) is 6.42 Å².